The molecule has 1 aliphatic heterocycles. The van der Waals surface area contributed by atoms with Crippen molar-refractivity contribution in [2.24, 2.45) is 0 Å². The van der Waals surface area contributed by atoms with Crippen LogP contribution in [0.1, 0.15) is 12.8 Å². The Morgan fingerprint density at radius 1 is 1.75 bits per heavy atom. The van der Waals surface area contributed by atoms with Gasteiger partial charge in [-0.3, -0.25) is 0 Å². The molecule has 2 N–H and O–H groups in total. The summed E-state index contributed by atoms with van der Waals surface area (Å²) in [5, 5.41) is 9.77. The van der Waals surface area contributed by atoms with Crippen molar-refractivity contribution in [3.05, 3.63) is 11.6 Å². The highest BCUT2D eigenvalue weighted by molar-refractivity contribution is 7.13. The molecule has 1 fully saturated rings. The van der Waals surface area contributed by atoms with E-state index in [-0.39, 0.29) is 0 Å². The first-order valence-electron chi connectivity index (χ1n) is 4.32. The summed E-state index contributed by atoms with van der Waals surface area (Å²) in [6, 6.07) is 0.647. The molecule has 0 unspecified atom stereocenters. The fraction of sp³-hybridized carbons (Fsp3) is 0.625. The Kier molecular flexibility index (Phi) is 2.58. The van der Waals surface area contributed by atoms with Crippen LogP contribution in [0.15, 0.2) is 11.6 Å². The summed E-state index contributed by atoms with van der Waals surface area (Å²) in [7, 11) is 0. The van der Waals surface area contributed by atoms with Crippen molar-refractivity contribution in [2.75, 3.05) is 18.4 Å². The van der Waals surface area contributed by atoms with Crippen LogP contribution < -0.4 is 10.6 Å². The lowest BCUT2D eigenvalue weighted by Crippen LogP contribution is -2.29. The topological polar surface area (TPSA) is 37.0 Å². The number of thiazole rings is 1. The van der Waals surface area contributed by atoms with Gasteiger partial charge in [0, 0.05) is 24.2 Å². The highest BCUT2D eigenvalue weighted by Gasteiger charge is 2.13. The average molecular weight is 183 g/mol. The summed E-state index contributed by atoms with van der Waals surface area (Å²) < 4.78 is 0. The molecule has 4 heteroatoms. The quantitative estimate of drug-likeness (QED) is 0.742. The van der Waals surface area contributed by atoms with Gasteiger partial charge in [-0.1, -0.05) is 0 Å². The smallest absolute Gasteiger partial charge is 0.182 e. The molecule has 1 aromatic heterocycles. The highest BCUT2D eigenvalue weighted by atomic mass is 32.1. The molecule has 12 heavy (non-hydrogen) atoms. The monoisotopic (exact) mass is 183 g/mol. The van der Waals surface area contributed by atoms with E-state index in [9.17, 15) is 0 Å². The average Bonchev–Trinajstić information content (AvgIpc) is 2.74. The molecule has 1 saturated heterocycles. The van der Waals surface area contributed by atoms with Crippen LogP contribution in [0.3, 0.4) is 0 Å². The van der Waals surface area contributed by atoms with Crippen molar-refractivity contribution in [2.45, 2.75) is 18.9 Å². The fourth-order valence-corrected chi connectivity index (χ4v) is 1.99. The predicted octanol–water partition coefficient (Wildman–Crippen LogP) is 1.31. The minimum absolute atomic E-state index is 0.647. The molecule has 1 aliphatic rings. The molecule has 1 atom stereocenters. The number of anilines is 1. The Hall–Kier alpha value is -0.610. The number of nitrogens with zero attached hydrogens (tertiary/aromatic N) is 1. The molecule has 0 radical (unpaired) electrons. The summed E-state index contributed by atoms with van der Waals surface area (Å²) in [5.74, 6) is 0. The SMILES string of the molecule is c1csc(NC[C@H]2CCCN2)n1. The summed E-state index contributed by atoms with van der Waals surface area (Å²) >= 11 is 1.66. The Bertz CT molecular complexity index is 216. The first-order valence-corrected chi connectivity index (χ1v) is 5.20. The molecular formula is C8H13N3S. The minimum atomic E-state index is 0.647. The maximum Gasteiger partial charge on any atom is 0.182 e. The van der Waals surface area contributed by atoms with E-state index >= 15 is 0 Å². The first-order chi connectivity index (χ1) is 5.95. The maximum atomic E-state index is 4.16. The van der Waals surface area contributed by atoms with E-state index in [0.717, 1.165) is 11.7 Å². The van der Waals surface area contributed by atoms with Crippen molar-refractivity contribution in [3.63, 3.8) is 0 Å². The molecule has 3 nitrogen and oxygen atoms in total. The molecule has 0 aliphatic carbocycles. The zero-order valence-electron chi connectivity index (χ0n) is 6.92. The van der Waals surface area contributed by atoms with E-state index in [2.05, 4.69) is 15.6 Å². The van der Waals surface area contributed by atoms with Gasteiger partial charge in [-0.15, -0.1) is 11.3 Å². The summed E-state index contributed by atoms with van der Waals surface area (Å²) in [6.07, 6.45) is 4.43. The van der Waals surface area contributed by atoms with Gasteiger partial charge < -0.3 is 10.6 Å². The van der Waals surface area contributed by atoms with E-state index in [0.29, 0.717) is 6.04 Å². The molecule has 2 rings (SSSR count). The second-order valence-electron chi connectivity index (χ2n) is 3.01. The number of nitrogens with one attached hydrogen (secondary N) is 2. The number of hydrogen-bond donors (Lipinski definition) is 2. The van der Waals surface area contributed by atoms with Gasteiger partial charge in [0.05, 0.1) is 0 Å². The summed E-state index contributed by atoms with van der Waals surface area (Å²) in [5.41, 5.74) is 0. The molecule has 0 aromatic carbocycles. The van der Waals surface area contributed by atoms with Gasteiger partial charge in [-0.2, -0.15) is 0 Å². The van der Waals surface area contributed by atoms with Crippen LogP contribution in [0, 0.1) is 0 Å². The van der Waals surface area contributed by atoms with Gasteiger partial charge in [0.2, 0.25) is 0 Å². The van der Waals surface area contributed by atoms with Crippen molar-refractivity contribution in [1.29, 1.82) is 0 Å². The van der Waals surface area contributed by atoms with Crippen LogP contribution in [0.2, 0.25) is 0 Å². The largest absolute Gasteiger partial charge is 0.360 e. The standard InChI is InChI=1S/C8H13N3S/c1-2-7(9-3-1)6-11-8-10-4-5-12-8/h4-5,7,9H,1-3,6H2,(H,10,11)/t7-/m1/s1. The van der Waals surface area contributed by atoms with Gasteiger partial charge >= 0.3 is 0 Å². The normalized spacial score (nSPS) is 22.8. The summed E-state index contributed by atoms with van der Waals surface area (Å²) in [4.78, 5) is 4.16. The van der Waals surface area contributed by atoms with Crippen LogP contribution in [0.5, 0.6) is 0 Å². The molecule has 0 amide bonds. The fourth-order valence-electron chi connectivity index (χ4n) is 1.45. The molecule has 2 heterocycles. The third-order valence-electron chi connectivity index (χ3n) is 2.09. The van der Waals surface area contributed by atoms with Gasteiger partial charge in [0.25, 0.3) is 0 Å². The second kappa shape index (κ2) is 3.87. The lowest BCUT2D eigenvalue weighted by Gasteiger charge is -2.09. The van der Waals surface area contributed by atoms with Crippen LogP contribution in [-0.4, -0.2) is 24.1 Å². The first kappa shape index (κ1) is 8.01. The van der Waals surface area contributed by atoms with Crippen LogP contribution in [-0.2, 0) is 0 Å². The third-order valence-corrected chi connectivity index (χ3v) is 2.83. The van der Waals surface area contributed by atoms with E-state index in [1.807, 2.05) is 11.6 Å². The number of rotatable bonds is 3. The number of hydrogen-bond acceptors (Lipinski definition) is 4. The Balaban J connectivity index is 1.74. The zero-order valence-corrected chi connectivity index (χ0v) is 7.73. The maximum absolute atomic E-state index is 4.16. The van der Waals surface area contributed by atoms with E-state index in [1.54, 1.807) is 11.3 Å². The second-order valence-corrected chi connectivity index (χ2v) is 3.91. The molecule has 66 valence electrons. The Morgan fingerprint density at radius 2 is 2.75 bits per heavy atom. The predicted molar refractivity (Wildman–Crippen MR) is 51.6 cm³/mol. The third kappa shape index (κ3) is 1.95. The molecule has 0 saturated carbocycles. The van der Waals surface area contributed by atoms with E-state index in [1.165, 1.54) is 19.4 Å². The van der Waals surface area contributed by atoms with Gasteiger partial charge in [0.15, 0.2) is 5.13 Å². The van der Waals surface area contributed by atoms with Gasteiger partial charge in [0.1, 0.15) is 0 Å². The van der Waals surface area contributed by atoms with Gasteiger partial charge in [-0.25, -0.2) is 4.98 Å². The van der Waals surface area contributed by atoms with Crippen molar-refractivity contribution < 1.29 is 0 Å². The summed E-state index contributed by atoms with van der Waals surface area (Å²) in [6.45, 7) is 2.18. The van der Waals surface area contributed by atoms with E-state index < -0.39 is 0 Å². The molecule has 1 aromatic rings. The molecule has 0 bridgehead atoms. The van der Waals surface area contributed by atoms with E-state index in [4.69, 9.17) is 0 Å². The van der Waals surface area contributed by atoms with Crippen LogP contribution in [0.4, 0.5) is 5.13 Å². The van der Waals surface area contributed by atoms with Crippen molar-refractivity contribution in [1.82, 2.24) is 10.3 Å². The number of aromatic nitrogens is 1. The minimum Gasteiger partial charge on any atom is -0.360 e. The van der Waals surface area contributed by atoms with Crippen LogP contribution in [0.25, 0.3) is 0 Å². The Morgan fingerprint density at radius 3 is 3.42 bits per heavy atom. The lowest BCUT2D eigenvalue weighted by atomic mass is 10.2. The lowest BCUT2D eigenvalue weighted by molar-refractivity contribution is 0.633. The van der Waals surface area contributed by atoms with Crippen molar-refractivity contribution in [3.8, 4) is 0 Å². The van der Waals surface area contributed by atoms with Crippen molar-refractivity contribution >= 4 is 16.5 Å². The van der Waals surface area contributed by atoms with Gasteiger partial charge in [-0.05, 0) is 19.4 Å². The molecular weight excluding hydrogens is 170 g/mol. The Labute approximate surface area is 76.2 Å². The van der Waals surface area contributed by atoms with Crippen LogP contribution >= 0.6 is 11.3 Å². The molecule has 0 spiro atoms. The zero-order chi connectivity index (χ0) is 8.23. The highest BCUT2D eigenvalue weighted by Crippen LogP contribution is 2.11.